The van der Waals surface area contributed by atoms with Gasteiger partial charge in [-0.05, 0) is 49.7 Å². The molecule has 2 aromatic heterocycles. The monoisotopic (exact) mass is 259 g/mol. The molecule has 0 aromatic carbocycles. The Labute approximate surface area is 114 Å². The van der Waals surface area contributed by atoms with Gasteiger partial charge in [0.05, 0.1) is 13.1 Å². The van der Waals surface area contributed by atoms with Gasteiger partial charge in [0.2, 0.25) is 0 Å². The molecule has 2 N–H and O–H groups in total. The second kappa shape index (κ2) is 6.50. The first-order chi connectivity index (χ1) is 9.19. The Morgan fingerprint density at radius 3 is 2.68 bits per heavy atom. The Balaban J connectivity index is 1.85. The molecule has 0 saturated carbocycles. The molecule has 0 bridgehead atoms. The van der Waals surface area contributed by atoms with Crippen molar-refractivity contribution >= 4 is 0 Å². The third kappa shape index (κ3) is 3.91. The molecule has 0 atom stereocenters. The fourth-order valence-electron chi connectivity index (χ4n) is 2.09. The Morgan fingerprint density at radius 2 is 2.05 bits per heavy atom. The van der Waals surface area contributed by atoms with E-state index >= 15 is 0 Å². The van der Waals surface area contributed by atoms with Crippen molar-refractivity contribution in [3.8, 4) is 0 Å². The van der Waals surface area contributed by atoms with Crippen molar-refractivity contribution in [1.29, 1.82) is 0 Å². The van der Waals surface area contributed by atoms with Gasteiger partial charge in [-0.3, -0.25) is 9.88 Å². The number of likely N-dealkylation sites (N-methyl/N-ethyl adjacent to an activating group) is 1. The van der Waals surface area contributed by atoms with E-state index in [-0.39, 0.29) is 0 Å². The van der Waals surface area contributed by atoms with Crippen LogP contribution in [0.1, 0.15) is 22.6 Å². The van der Waals surface area contributed by atoms with Crippen molar-refractivity contribution in [2.24, 2.45) is 5.73 Å². The summed E-state index contributed by atoms with van der Waals surface area (Å²) in [5.74, 6) is 1.87. The summed E-state index contributed by atoms with van der Waals surface area (Å²) in [6.07, 6.45) is 4.68. The van der Waals surface area contributed by atoms with Crippen LogP contribution in [0.25, 0.3) is 0 Å². The maximum Gasteiger partial charge on any atom is 0.120 e. The van der Waals surface area contributed by atoms with Gasteiger partial charge in [-0.2, -0.15) is 0 Å². The van der Waals surface area contributed by atoms with Crippen molar-refractivity contribution in [3.05, 3.63) is 53.2 Å². The summed E-state index contributed by atoms with van der Waals surface area (Å²) in [4.78, 5) is 6.27. The van der Waals surface area contributed by atoms with Crippen LogP contribution in [0.3, 0.4) is 0 Å². The normalized spacial score (nSPS) is 11.2. The zero-order chi connectivity index (χ0) is 13.7. The van der Waals surface area contributed by atoms with E-state index in [9.17, 15) is 0 Å². The Kier molecular flexibility index (Phi) is 4.71. The molecule has 4 nitrogen and oxygen atoms in total. The van der Waals surface area contributed by atoms with Crippen molar-refractivity contribution in [2.75, 3.05) is 13.6 Å². The van der Waals surface area contributed by atoms with Crippen LogP contribution in [0.5, 0.6) is 0 Å². The molecular weight excluding hydrogens is 238 g/mol. The number of aromatic nitrogens is 1. The number of hydrogen-bond donors (Lipinski definition) is 1. The predicted molar refractivity (Wildman–Crippen MR) is 75.6 cm³/mol. The highest BCUT2D eigenvalue weighted by Gasteiger charge is 2.08. The van der Waals surface area contributed by atoms with Gasteiger partial charge in [0.15, 0.2) is 0 Å². The molecule has 0 saturated heterocycles. The van der Waals surface area contributed by atoms with E-state index in [1.807, 2.05) is 19.3 Å². The lowest BCUT2D eigenvalue weighted by molar-refractivity contribution is 0.294. The van der Waals surface area contributed by atoms with E-state index in [4.69, 9.17) is 10.2 Å². The standard InChI is InChI=1S/C15H21N3O/c1-12-9-14(19-15(12)10-16)11-18(2)8-5-13-3-6-17-7-4-13/h3-4,6-7,9H,5,8,10-11,16H2,1-2H3. The second-order valence-corrected chi connectivity index (χ2v) is 4.87. The molecule has 2 rings (SSSR count). The molecule has 0 spiro atoms. The van der Waals surface area contributed by atoms with Crippen LogP contribution in [0.2, 0.25) is 0 Å². The van der Waals surface area contributed by atoms with Gasteiger partial charge in [-0.15, -0.1) is 0 Å². The van der Waals surface area contributed by atoms with Crippen molar-refractivity contribution in [3.63, 3.8) is 0 Å². The molecular formula is C15H21N3O. The van der Waals surface area contributed by atoms with Crippen LogP contribution in [0, 0.1) is 6.92 Å². The third-order valence-electron chi connectivity index (χ3n) is 3.21. The minimum atomic E-state index is 0.465. The van der Waals surface area contributed by atoms with E-state index in [0.29, 0.717) is 6.54 Å². The van der Waals surface area contributed by atoms with Gasteiger partial charge in [-0.25, -0.2) is 0 Å². The van der Waals surface area contributed by atoms with E-state index < -0.39 is 0 Å². The van der Waals surface area contributed by atoms with Gasteiger partial charge in [0, 0.05) is 18.9 Å². The maximum absolute atomic E-state index is 5.71. The molecule has 2 aromatic rings. The smallest absolute Gasteiger partial charge is 0.120 e. The number of nitrogens with zero attached hydrogens (tertiary/aromatic N) is 2. The topological polar surface area (TPSA) is 55.3 Å². The van der Waals surface area contributed by atoms with Crippen LogP contribution in [0.4, 0.5) is 0 Å². The summed E-state index contributed by atoms with van der Waals surface area (Å²) in [7, 11) is 2.10. The molecule has 0 radical (unpaired) electrons. The Hall–Kier alpha value is -1.65. The molecule has 4 heteroatoms. The Morgan fingerprint density at radius 1 is 1.32 bits per heavy atom. The summed E-state index contributed by atoms with van der Waals surface area (Å²) in [5, 5.41) is 0. The van der Waals surface area contributed by atoms with Gasteiger partial charge < -0.3 is 10.2 Å². The first-order valence-corrected chi connectivity index (χ1v) is 6.54. The number of aryl methyl sites for hydroxylation is 1. The minimum Gasteiger partial charge on any atom is -0.463 e. The van der Waals surface area contributed by atoms with E-state index in [2.05, 4.69) is 35.1 Å². The summed E-state index contributed by atoms with van der Waals surface area (Å²) in [5.41, 5.74) is 8.06. The summed E-state index contributed by atoms with van der Waals surface area (Å²) in [6.45, 7) is 4.30. The van der Waals surface area contributed by atoms with E-state index in [0.717, 1.165) is 36.6 Å². The predicted octanol–water partition coefficient (Wildman–Crippen LogP) is 2.12. The summed E-state index contributed by atoms with van der Waals surface area (Å²) < 4.78 is 5.71. The SMILES string of the molecule is Cc1cc(CN(C)CCc2ccncc2)oc1CN. The van der Waals surface area contributed by atoms with Crippen molar-refractivity contribution in [1.82, 2.24) is 9.88 Å². The lowest BCUT2D eigenvalue weighted by Gasteiger charge is -2.14. The highest BCUT2D eigenvalue weighted by Crippen LogP contribution is 2.15. The molecule has 0 aliphatic carbocycles. The lowest BCUT2D eigenvalue weighted by Crippen LogP contribution is -2.20. The number of furan rings is 1. The molecule has 2 heterocycles. The van der Waals surface area contributed by atoms with E-state index in [1.165, 1.54) is 5.56 Å². The molecule has 0 aliphatic heterocycles. The molecule has 102 valence electrons. The quantitative estimate of drug-likeness (QED) is 0.863. The molecule has 0 unspecified atom stereocenters. The number of nitrogens with two attached hydrogens (primary N) is 1. The average molecular weight is 259 g/mol. The van der Waals surface area contributed by atoms with Crippen LogP contribution in [-0.2, 0) is 19.5 Å². The van der Waals surface area contributed by atoms with Crippen molar-refractivity contribution in [2.45, 2.75) is 26.4 Å². The van der Waals surface area contributed by atoms with Gasteiger partial charge >= 0.3 is 0 Å². The lowest BCUT2D eigenvalue weighted by atomic mass is 10.2. The largest absolute Gasteiger partial charge is 0.463 e. The van der Waals surface area contributed by atoms with Gasteiger partial charge in [0.25, 0.3) is 0 Å². The van der Waals surface area contributed by atoms with Crippen LogP contribution in [-0.4, -0.2) is 23.5 Å². The van der Waals surface area contributed by atoms with Crippen LogP contribution < -0.4 is 5.73 Å². The van der Waals surface area contributed by atoms with Gasteiger partial charge in [-0.1, -0.05) is 0 Å². The molecule has 0 aliphatic rings. The average Bonchev–Trinajstić information content (AvgIpc) is 2.77. The molecule has 0 fully saturated rings. The highest BCUT2D eigenvalue weighted by molar-refractivity contribution is 5.19. The fraction of sp³-hybridized carbons (Fsp3) is 0.400. The zero-order valence-electron chi connectivity index (χ0n) is 11.6. The first-order valence-electron chi connectivity index (χ1n) is 6.54. The van der Waals surface area contributed by atoms with Crippen LogP contribution in [0.15, 0.2) is 35.0 Å². The fourth-order valence-corrected chi connectivity index (χ4v) is 2.09. The van der Waals surface area contributed by atoms with Crippen LogP contribution >= 0.6 is 0 Å². The second-order valence-electron chi connectivity index (χ2n) is 4.87. The number of hydrogen-bond acceptors (Lipinski definition) is 4. The number of rotatable bonds is 6. The number of pyridine rings is 1. The third-order valence-corrected chi connectivity index (χ3v) is 3.21. The maximum atomic E-state index is 5.71. The van der Waals surface area contributed by atoms with Gasteiger partial charge in [0.1, 0.15) is 11.5 Å². The summed E-state index contributed by atoms with van der Waals surface area (Å²) >= 11 is 0. The highest BCUT2D eigenvalue weighted by atomic mass is 16.3. The summed E-state index contributed by atoms with van der Waals surface area (Å²) in [6, 6.07) is 6.18. The van der Waals surface area contributed by atoms with Crippen molar-refractivity contribution < 1.29 is 4.42 Å². The Bertz CT molecular complexity index is 507. The first kappa shape index (κ1) is 13.8. The minimum absolute atomic E-state index is 0.465. The molecule has 0 amide bonds. The molecule has 19 heavy (non-hydrogen) atoms. The van der Waals surface area contributed by atoms with E-state index in [1.54, 1.807) is 0 Å². The zero-order valence-corrected chi connectivity index (χ0v) is 11.6.